The van der Waals surface area contributed by atoms with Crippen molar-refractivity contribution in [3.8, 4) is 0 Å². The molecule has 4 nitrogen and oxygen atoms in total. The van der Waals surface area contributed by atoms with Gasteiger partial charge in [-0.1, -0.05) is 12.1 Å². The Kier molecular flexibility index (Phi) is 4.30. The van der Waals surface area contributed by atoms with Gasteiger partial charge in [0.1, 0.15) is 5.78 Å². The second-order valence-electron chi connectivity index (χ2n) is 3.03. The summed E-state index contributed by atoms with van der Waals surface area (Å²) in [5.74, 6) is 0.682. The Morgan fingerprint density at radius 1 is 1.47 bits per heavy atom. The van der Waals surface area contributed by atoms with Gasteiger partial charge in [0.25, 0.3) is 5.69 Å². The fourth-order valence-corrected chi connectivity index (χ4v) is 2.11. The number of nitro benzene ring substituents is 1. The Labute approximate surface area is 91.8 Å². The molecule has 0 aliphatic rings. The minimum Gasteiger partial charge on any atom is -0.300 e. The Balaban J connectivity index is 2.67. The molecule has 0 unspecified atom stereocenters. The van der Waals surface area contributed by atoms with Crippen molar-refractivity contribution in [2.45, 2.75) is 18.2 Å². The van der Waals surface area contributed by atoms with E-state index in [9.17, 15) is 14.9 Å². The van der Waals surface area contributed by atoms with E-state index >= 15 is 0 Å². The van der Waals surface area contributed by atoms with Gasteiger partial charge in [-0.15, -0.1) is 11.8 Å². The molecule has 1 aromatic rings. The van der Waals surface area contributed by atoms with Crippen molar-refractivity contribution in [3.05, 3.63) is 34.4 Å². The van der Waals surface area contributed by atoms with Crippen LogP contribution in [0.2, 0.25) is 0 Å². The number of Topliss-reactive ketones (excluding diaryl/α,β-unsaturated/α-hetero) is 1. The van der Waals surface area contributed by atoms with Gasteiger partial charge in [0, 0.05) is 18.2 Å². The molecule has 0 atom stereocenters. The van der Waals surface area contributed by atoms with E-state index in [0.717, 1.165) is 0 Å². The zero-order valence-electron chi connectivity index (χ0n) is 8.30. The van der Waals surface area contributed by atoms with Crippen LogP contribution in [0.15, 0.2) is 29.2 Å². The molecule has 15 heavy (non-hydrogen) atoms. The average molecular weight is 225 g/mol. The smallest absolute Gasteiger partial charge is 0.282 e. The number of ketones is 1. The standard InChI is InChI=1S/C10H11NO3S/c1-8(12)6-7-15-10-5-3-2-4-9(10)11(13)14/h2-5H,6-7H2,1H3. The second-order valence-corrected chi connectivity index (χ2v) is 4.16. The molecule has 0 heterocycles. The summed E-state index contributed by atoms with van der Waals surface area (Å²) in [6.45, 7) is 1.51. The monoisotopic (exact) mass is 225 g/mol. The average Bonchev–Trinajstić information content (AvgIpc) is 2.17. The predicted molar refractivity (Wildman–Crippen MR) is 59.1 cm³/mol. The number of thioether (sulfide) groups is 1. The first-order valence-corrected chi connectivity index (χ1v) is 5.45. The fourth-order valence-electron chi connectivity index (χ4n) is 1.03. The predicted octanol–water partition coefficient (Wildman–Crippen LogP) is 2.67. The number of carbonyl (C=O) groups excluding carboxylic acids is 1. The molecule has 0 aliphatic heterocycles. The number of rotatable bonds is 5. The van der Waals surface area contributed by atoms with Gasteiger partial charge in [-0.2, -0.15) is 0 Å². The maximum Gasteiger partial charge on any atom is 0.282 e. The van der Waals surface area contributed by atoms with Gasteiger partial charge in [0.05, 0.1) is 9.82 Å². The van der Waals surface area contributed by atoms with Crippen LogP contribution in [0.3, 0.4) is 0 Å². The summed E-state index contributed by atoms with van der Waals surface area (Å²) in [6, 6.07) is 6.55. The van der Waals surface area contributed by atoms with Crippen molar-refractivity contribution >= 4 is 23.2 Å². The van der Waals surface area contributed by atoms with Crippen molar-refractivity contribution in [2.75, 3.05) is 5.75 Å². The van der Waals surface area contributed by atoms with E-state index in [1.54, 1.807) is 18.2 Å². The molecule has 0 spiro atoms. The van der Waals surface area contributed by atoms with Gasteiger partial charge in [-0.25, -0.2) is 0 Å². The first-order valence-electron chi connectivity index (χ1n) is 4.47. The van der Waals surface area contributed by atoms with Crippen LogP contribution in [-0.2, 0) is 4.79 Å². The van der Waals surface area contributed by atoms with Crippen molar-refractivity contribution in [2.24, 2.45) is 0 Å². The molecule has 0 aliphatic carbocycles. The van der Waals surface area contributed by atoms with Crippen LogP contribution in [0.25, 0.3) is 0 Å². The maximum atomic E-state index is 10.7. The Morgan fingerprint density at radius 2 is 2.13 bits per heavy atom. The molecule has 0 saturated heterocycles. The van der Waals surface area contributed by atoms with Crippen LogP contribution < -0.4 is 0 Å². The molecule has 0 saturated carbocycles. The Bertz CT molecular complexity index is 379. The van der Waals surface area contributed by atoms with Crippen LogP contribution in [-0.4, -0.2) is 16.5 Å². The highest BCUT2D eigenvalue weighted by molar-refractivity contribution is 7.99. The maximum absolute atomic E-state index is 10.7. The minimum atomic E-state index is -0.407. The molecule has 0 aromatic heterocycles. The van der Waals surface area contributed by atoms with Gasteiger partial charge in [-0.3, -0.25) is 14.9 Å². The lowest BCUT2D eigenvalue weighted by Gasteiger charge is -2.00. The van der Waals surface area contributed by atoms with Gasteiger partial charge in [0.2, 0.25) is 0 Å². The molecule has 5 heteroatoms. The molecule has 0 amide bonds. The summed E-state index contributed by atoms with van der Waals surface area (Å²) in [7, 11) is 0. The molecule has 0 N–H and O–H groups in total. The zero-order chi connectivity index (χ0) is 11.3. The fraction of sp³-hybridized carbons (Fsp3) is 0.300. The van der Waals surface area contributed by atoms with Crippen molar-refractivity contribution in [1.29, 1.82) is 0 Å². The lowest BCUT2D eigenvalue weighted by atomic mass is 10.3. The molecule has 1 rings (SSSR count). The van der Waals surface area contributed by atoms with Gasteiger partial charge < -0.3 is 0 Å². The normalized spacial score (nSPS) is 9.93. The first kappa shape index (κ1) is 11.7. The number of nitro groups is 1. The third-order valence-corrected chi connectivity index (χ3v) is 2.84. The molecule has 80 valence electrons. The third kappa shape index (κ3) is 3.71. The van der Waals surface area contributed by atoms with Crippen LogP contribution in [0.5, 0.6) is 0 Å². The number of para-hydroxylation sites is 1. The van der Waals surface area contributed by atoms with E-state index in [2.05, 4.69) is 0 Å². The summed E-state index contributed by atoms with van der Waals surface area (Å²) in [4.78, 5) is 21.6. The van der Waals surface area contributed by atoms with Crippen LogP contribution >= 0.6 is 11.8 Å². The van der Waals surface area contributed by atoms with Gasteiger partial charge >= 0.3 is 0 Å². The number of hydrogen-bond acceptors (Lipinski definition) is 4. The van der Waals surface area contributed by atoms with Crippen molar-refractivity contribution in [3.63, 3.8) is 0 Å². The van der Waals surface area contributed by atoms with Crippen LogP contribution in [0.4, 0.5) is 5.69 Å². The molecule has 0 radical (unpaired) electrons. The number of carbonyl (C=O) groups is 1. The minimum absolute atomic E-state index is 0.0982. The lowest BCUT2D eigenvalue weighted by molar-refractivity contribution is -0.387. The van der Waals surface area contributed by atoms with E-state index in [4.69, 9.17) is 0 Å². The lowest BCUT2D eigenvalue weighted by Crippen LogP contribution is -1.94. The van der Waals surface area contributed by atoms with E-state index in [0.29, 0.717) is 17.1 Å². The molecular formula is C10H11NO3S. The third-order valence-electron chi connectivity index (χ3n) is 1.77. The Hall–Kier alpha value is -1.36. The van der Waals surface area contributed by atoms with Gasteiger partial charge in [0.15, 0.2) is 0 Å². The summed E-state index contributed by atoms with van der Waals surface area (Å²) in [6.07, 6.45) is 0.441. The molecule has 0 fully saturated rings. The number of nitrogens with zero attached hydrogens (tertiary/aromatic N) is 1. The van der Waals surface area contributed by atoms with E-state index in [1.165, 1.54) is 24.8 Å². The van der Waals surface area contributed by atoms with Crippen molar-refractivity contribution < 1.29 is 9.72 Å². The van der Waals surface area contributed by atoms with Gasteiger partial charge in [-0.05, 0) is 13.0 Å². The molecule has 1 aromatic carbocycles. The van der Waals surface area contributed by atoms with E-state index in [1.807, 2.05) is 0 Å². The highest BCUT2D eigenvalue weighted by Gasteiger charge is 2.12. The van der Waals surface area contributed by atoms with E-state index in [-0.39, 0.29) is 11.5 Å². The quantitative estimate of drug-likeness (QED) is 0.439. The molecule has 0 bridgehead atoms. The highest BCUT2D eigenvalue weighted by Crippen LogP contribution is 2.28. The largest absolute Gasteiger partial charge is 0.300 e. The second kappa shape index (κ2) is 5.50. The summed E-state index contributed by atoms with van der Waals surface area (Å²) >= 11 is 1.34. The zero-order valence-corrected chi connectivity index (χ0v) is 9.12. The summed E-state index contributed by atoms with van der Waals surface area (Å²) < 4.78 is 0. The summed E-state index contributed by atoms with van der Waals surface area (Å²) in [5, 5.41) is 10.6. The highest BCUT2D eigenvalue weighted by atomic mass is 32.2. The first-order chi connectivity index (χ1) is 7.11. The number of hydrogen-bond donors (Lipinski definition) is 0. The Morgan fingerprint density at radius 3 is 2.73 bits per heavy atom. The SMILES string of the molecule is CC(=O)CCSc1ccccc1[N+](=O)[O-]. The van der Waals surface area contributed by atoms with Crippen molar-refractivity contribution in [1.82, 2.24) is 0 Å². The topological polar surface area (TPSA) is 60.2 Å². The summed E-state index contributed by atoms with van der Waals surface area (Å²) in [5.41, 5.74) is 0.103. The van der Waals surface area contributed by atoms with Crippen LogP contribution in [0.1, 0.15) is 13.3 Å². The van der Waals surface area contributed by atoms with E-state index < -0.39 is 4.92 Å². The molecular weight excluding hydrogens is 214 g/mol. The number of benzene rings is 1. The van der Waals surface area contributed by atoms with Crippen LogP contribution in [0, 0.1) is 10.1 Å².